The highest BCUT2D eigenvalue weighted by Crippen LogP contribution is 2.34. The normalized spacial score (nSPS) is 11.6. The van der Waals surface area contributed by atoms with Crippen LogP contribution in [0.4, 0.5) is 4.39 Å². The average molecular weight is 461 g/mol. The van der Waals surface area contributed by atoms with Gasteiger partial charge in [0.15, 0.2) is 15.7 Å². The van der Waals surface area contributed by atoms with Crippen molar-refractivity contribution < 1.29 is 12.8 Å². The molecular formula is C22H15Cl2FN2O2S. The number of benzene rings is 3. The molecule has 0 saturated heterocycles. The van der Waals surface area contributed by atoms with E-state index < -0.39 is 15.7 Å². The summed E-state index contributed by atoms with van der Waals surface area (Å²) < 4.78 is 40.6. The summed E-state index contributed by atoms with van der Waals surface area (Å²) in [5.41, 5.74) is 2.06. The summed E-state index contributed by atoms with van der Waals surface area (Å²) in [5, 5.41) is 5.55. The van der Waals surface area contributed by atoms with E-state index in [-0.39, 0.29) is 16.3 Å². The summed E-state index contributed by atoms with van der Waals surface area (Å²) in [4.78, 5) is 0.171. The molecule has 0 radical (unpaired) electrons. The van der Waals surface area contributed by atoms with Crippen LogP contribution >= 0.6 is 23.2 Å². The van der Waals surface area contributed by atoms with Gasteiger partial charge in [0.05, 0.1) is 10.6 Å². The van der Waals surface area contributed by atoms with E-state index in [1.807, 2.05) is 0 Å². The molecule has 1 aromatic heterocycles. The lowest BCUT2D eigenvalue weighted by atomic mass is 10.1. The van der Waals surface area contributed by atoms with Crippen LogP contribution in [0.3, 0.4) is 0 Å². The molecule has 1 heterocycles. The molecule has 0 atom stereocenters. The zero-order valence-corrected chi connectivity index (χ0v) is 18.0. The van der Waals surface area contributed by atoms with Gasteiger partial charge in [-0.1, -0.05) is 47.5 Å². The highest BCUT2D eigenvalue weighted by atomic mass is 35.5. The maximum atomic E-state index is 15.6. The predicted molar refractivity (Wildman–Crippen MR) is 118 cm³/mol. The minimum atomic E-state index is -3.35. The van der Waals surface area contributed by atoms with Crippen LogP contribution in [0, 0.1) is 5.82 Å². The molecule has 0 bridgehead atoms. The Hall–Kier alpha value is -2.67. The molecular weight excluding hydrogens is 446 g/mol. The largest absolute Gasteiger partial charge is 0.229 e. The minimum absolute atomic E-state index is 0.156. The summed E-state index contributed by atoms with van der Waals surface area (Å²) >= 11 is 11.9. The van der Waals surface area contributed by atoms with Gasteiger partial charge < -0.3 is 0 Å². The zero-order valence-electron chi connectivity index (χ0n) is 15.7. The van der Waals surface area contributed by atoms with Crippen LogP contribution in [0.1, 0.15) is 0 Å². The van der Waals surface area contributed by atoms with Crippen molar-refractivity contribution in [1.29, 1.82) is 0 Å². The second-order valence-electron chi connectivity index (χ2n) is 6.70. The molecule has 3 aromatic carbocycles. The Morgan fingerprint density at radius 2 is 1.30 bits per heavy atom. The van der Waals surface area contributed by atoms with Crippen molar-refractivity contribution >= 4 is 33.0 Å². The van der Waals surface area contributed by atoms with Crippen LogP contribution < -0.4 is 0 Å². The summed E-state index contributed by atoms with van der Waals surface area (Å²) in [6.45, 7) is 0. The number of rotatable bonds is 4. The van der Waals surface area contributed by atoms with E-state index in [2.05, 4.69) is 5.10 Å². The standard InChI is InChI=1S/C22H15Cl2FN2O2S/c1-30(28,29)19-12-10-18(11-13-19)27-22(15-4-8-17(24)9-5-15)20(25)21(26-27)14-2-6-16(23)7-3-14/h2-13H,1H3. The van der Waals surface area contributed by atoms with Crippen molar-refractivity contribution in [2.75, 3.05) is 6.26 Å². The molecule has 0 unspecified atom stereocenters. The van der Waals surface area contributed by atoms with E-state index in [1.165, 1.54) is 16.8 Å². The molecule has 0 saturated carbocycles. The fraction of sp³-hybridized carbons (Fsp3) is 0.0455. The summed E-state index contributed by atoms with van der Waals surface area (Å²) in [7, 11) is -3.35. The van der Waals surface area contributed by atoms with E-state index in [1.54, 1.807) is 60.7 Å². The third-order valence-corrected chi connectivity index (χ3v) is 6.20. The molecule has 152 valence electrons. The van der Waals surface area contributed by atoms with Gasteiger partial charge in [-0.05, 0) is 48.5 Å². The van der Waals surface area contributed by atoms with Gasteiger partial charge in [0, 0.05) is 27.4 Å². The molecule has 0 spiro atoms. The molecule has 0 aliphatic heterocycles. The molecule has 0 aliphatic rings. The van der Waals surface area contributed by atoms with Gasteiger partial charge in [-0.25, -0.2) is 17.5 Å². The second-order valence-corrected chi connectivity index (χ2v) is 9.59. The lowest BCUT2D eigenvalue weighted by molar-refractivity contribution is 0.602. The Labute approximate surface area is 183 Å². The van der Waals surface area contributed by atoms with Crippen LogP contribution in [0.15, 0.2) is 77.7 Å². The summed E-state index contributed by atoms with van der Waals surface area (Å²) in [6.07, 6.45) is 1.13. The van der Waals surface area contributed by atoms with Gasteiger partial charge in [0.1, 0.15) is 11.4 Å². The number of halogens is 3. The van der Waals surface area contributed by atoms with Crippen LogP contribution in [0.5, 0.6) is 0 Å². The first-order valence-electron chi connectivity index (χ1n) is 8.85. The van der Waals surface area contributed by atoms with Crippen molar-refractivity contribution in [3.63, 3.8) is 0 Å². The van der Waals surface area contributed by atoms with Gasteiger partial charge in [-0.15, -0.1) is 0 Å². The first kappa shape index (κ1) is 20.6. The fourth-order valence-electron chi connectivity index (χ4n) is 3.07. The van der Waals surface area contributed by atoms with Crippen molar-refractivity contribution in [2.45, 2.75) is 4.90 Å². The third-order valence-electron chi connectivity index (χ3n) is 4.57. The Morgan fingerprint density at radius 1 is 0.800 bits per heavy atom. The Balaban J connectivity index is 1.93. The van der Waals surface area contributed by atoms with Crippen LogP contribution in [-0.2, 0) is 9.84 Å². The number of aromatic nitrogens is 2. The fourth-order valence-corrected chi connectivity index (χ4v) is 3.95. The lowest BCUT2D eigenvalue weighted by Gasteiger charge is -2.08. The summed E-state index contributed by atoms with van der Waals surface area (Å²) in [6, 6.07) is 19.6. The number of hydrogen-bond acceptors (Lipinski definition) is 3. The van der Waals surface area contributed by atoms with E-state index in [0.29, 0.717) is 26.9 Å². The molecule has 4 nitrogen and oxygen atoms in total. The smallest absolute Gasteiger partial charge is 0.177 e. The van der Waals surface area contributed by atoms with Crippen molar-refractivity contribution in [3.05, 3.63) is 88.7 Å². The summed E-state index contributed by atoms with van der Waals surface area (Å²) in [5.74, 6) is -0.508. The molecule has 4 rings (SSSR count). The SMILES string of the molecule is CS(=O)(=O)c1ccc(-n2nc(-c3ccc(Cl)cc3)c(F)c2-c2ccc(Cl)cc2)cc1. The van der Waals surface area contributed by atoms with Crippen LogP contribution in [0.2, 0.25) is 10.0 Å². The minimum Gasteiger partial charge on any atom is -0.229 e. The average Bonchev–Trinajstić information content (AvgIpc) is 3.06. The molecule has 0 aliphatic carbocycles. The quantitative estimate of drug-likeness (QED) is 0.372. The molecule has 0 fully saturated rings. The van der Waals surface area contributed by atoms with Gasteiger partial charge in [-0.2, -0.15) is 5.10 Å². The molecule has 8 heteroatoms. The highest BCUT2D eigenvalue weighted by molar-refractivity contribution is 7.90. The topological polar surface area (TPSA) is 52.0 Å². The number of hydrogen-bond donors (Lipinski definition) is 0. The predicted octanol–water partition coefficient (Wildman–Crippen LogP) is 6.06. The second kappa shape index (κ2) is 7.87. The number of sulfone groups is 1. The van der Waals surface area contributed by atoms with E-state index in [9.17, 15) is 8.42 Å². The van der Waals surface area contributed by atoms with Gasteiger partial charge in [0.2, 0.25) is 0 Å². The van der Waals surface area contributed by atoms with Gasteiger partial charge >= 0.3 is 0 Å². The van der Waals surface area contributed by atoms with Crippen molar-refractivity contribution in [2.24, 2.45) is 0 Å². The van der Waals surface area contributed by atoms with Crippen molar-refractivity contribution in [3.8, 4) is 28.2 Å². The van der Waals surface area contributed by atoms with E-state index in [0.717, 1.165) is 6.26 Å². The van der Waals surface area contributed by atoms with E-state index in [4.69, 9.17) is 23.2 Å². The maximum absolute atomic E-state index is 15.6. The lowest BCUT2D eigenvalue weighted by Crippen LogP contribution is -2.02. The Morgan fingerprint density at radius 3 is 1.80 bits per heavy atom. The van der Waals surface area contributed by atoms with E-state index >= 15 is 4.39 Å². The first-order valence-corrected chi connectivity index (χ1v) is 11.5. The molecule has 0 N–H and O–H groups in total. The first-order chi connectivity index (χ1) is 14.2. The third kappa shape index (κ3) is 3.99. The maximum Gasteiger partial charge on any atom is 0.177 e. The van der Waals surface area contributed by atoms with Crippen LogP contribution in [0.25, 0.3) is 28.2 Å². The zero-order chi connectivity index (χ0) is 21.5. The molecule has 0 amide bonds. The Bertz CT molecular complexity index is 1320. The highest BCUT2D eigenvalue weighted by Gasteiger charge is 2.22. The monoisotopic (exact) mass is 460 g/mol. The van der Waals surface area contributed by atoms with Gasteiger partial charge in [-0.3, -0.25) is 0 Å². The van der Waals surface area contributed by atoms with Gasteiger partial charge in [0.25, 0.3) is 0 Å². The van der Waals surface area contributed by atoms with Crippen molar-refractivity contribution in [1.82, 2.24) is 9.78 Å². The molecule has 4 aromatic rings. The molecule has 30 heavy (non-hydrogen) atoms. The Kier molecular flexibility index (Phi) is 5.40. The van der Waals surface area contributed by atoms with Crippen LogP contribution in [-0.4, -0.2) is 24.5 Å². The number of nitrogens with zero attached hydrogens (tertiary/aromatic N) is 2.